The van der Waals surface area contributed by atoms with E-state index in [1.54, 1.807) is 16.8 Å². The molecule has 2 heterocycles. The van der Waals surface area contributed by atoms with Gasteiger partial charge in [0.1, 0.15) is 0 Å². The monoisotopic (exact) mass is 281 g/mol. The van der Waals surface area contributed by atoms with Crippen LogP contribution in [0.5, 0.6) is 0 Å². The van der Waals surface area contributed by atoms with Gasteiger partial charge in [-0.05, 0) is 31.0 Å². The Morgan fingerprint density at radius 3 is 2.62 bits per heavy atom. The Balaban J connectivity index is 1.75. The quantitative estimate of drug-likeness (QED) is 0.799. The molecule has 3 aromatic rings. The topological polar surface area (TPSA) is 52.9 Å². The maximum absolute atomic E-state index is 11.7. The number of hydrogen-bond donors (Lipinski definition) is 1. The van der Waals surface area contributed by atoms with Crippen molar-refractivity contribution in [1.29, 1.82) is 0 Å². The van der Waals surface area contributed by atoms with Crippen molar-refractivity contribution in [2.24, 2.45) is 0 Å². The van der Waals surface area contributed by atoms with E-state index in [1.807, 2.05) is 0 Å². The molecular weight excluding hydrogens is 262 g/mol. The summed E-state index contributed by atoms with van der Waals surface area (Å²) in [4.78, 5) is 11.7. The third kappa shape index (κ3) is 2.70. The molecule has 0 amide bonds. The van der Waals surface area contributed by atoms with E-state index in [0.29, 0.717) is 12.2 Å². The van der Waals surface area contributed by atoms with Crippen molar-refractivity contribution in [3.8, 4) is 0 Å². The average molecular weight is 281 g/mol. The van der Waals surface area contributed by atoms with E-state index >= 15 is 0 Å². The predicted octanol–water partition coefficient (Wildman–Crippen LogP) is 2.78. The Labute approximate surface area is 123 Å². The van der Waals surface area contributed by atoms with E-state index < -0.39 is 0 Å². The van der Waals surface area contributed by atoms with Crippen LogP contribution in [0.1, 0.15) is 12.0 Å². The minimum atomic E-state index is -0.00209. The number of fused-ring (bicyclic) bond motifs is 1. The van der Waals surface area contributed by atoms with Crippen molar-refractivity contribution >= 4 is 16.6 Å². The van der Waals surface area contributed by atoms with Gasteiger partial charge in [-0.15, -0.1) is 0 Å². The molecular formula is C17H19N3O. The summed E-state index contributed by atoms with van der Waals surface area (Å²) in [6, 6.07) is 11.6. The first kappa shape index (κ1) is 13.5. The third-order valence-electron chi connectivity index (χ3n) is 3.79. The van der Waals surface area contributed by atoms with Crippen LogP contribution in [0.4, 0.5) is 5.69 Å². The van der Waals surface area contributed by atoms with Crippen molar-refractivity contribution in [2.75, 3.05) is 5.73 Å². The number of nitrogens with two attached hydrogens (primary N) is 1. The number of nitrogens with zero attached hydrogens (tertiary/aromatic N) is 2. The normalized spacial score (nSPS) is 11.1. The van der Waals surface area contributed by atoms with E-state index in [-0.39, 0.29) is 5.56 Å². The molecule has 0 aliphatic carbocycles. The van der Waals surface area contributed by atoms with E-state index in [4.69, 9.17) is 5.73 Å². The molecule has 1 aromatic carbocycles. The molecule has 0 saturated heterocycles. The van der Waals surface area contributed by atoms with Crippen molar-refractivity contribution < 1.29 is 0 Å². The van der Waals surface area contributed by atoms with Crippen molar-refractivity contribution in [3.63, 3.8) is 0 Å². The fraction of sp³-hybridized carbons (Fsp3) is 0.235. The highest BCUT2D eigenvalue weighted by Crippen LogP contribution is 2.20. The lowest BCUT2D eigenvalue weighted by molar-refractivity contribution is 0.562. The Bertz CT molecular complexity index is 829. The van der Waals surface area contributed by atoms with Crippen molar-refractivity contribution in [1.82, 2.24) is 9.13 Å². The second-order valence-corrected chi connectivity index (χ2v) is 5.37. The highest BCUT2D eigenvalue weighted by atomic mass is 16.1. The molecule has 21 heavy (non-hydrogen) atoms. The number of nitrogen functional groups attached to an aromatic ring is 1. The summed E-state index contributed by atoms with van der Waals surface area (Å²) in [5.74, 6) is 0. The Kier molecular flexibility index (Phi) is 3.52. The Hall–Kier alpha value is -2.49. The first-order valence-corrected chi connectivity index (χ1v) is 7.15. The molecule has 3 rings (SSSR count). The van der Waals surface area contributed by atoms with Gasteiger partial charge in [-0.1, -0.05) is 18.2 Å². The molecule has 0 spiro atoms. The molecule has 0 atom stereocenters. The average Bonchev–Trinajstić information content (AvgIpc) is 2.80. The lowest BCUT2D eigenvalue weighted by Gasteiger charge is -2.08. The molecule has 108 valence electrons. The number of pyridine rings is 1. The van der Waals surface area contributed by atoms with Crippen LogP contribution in [0.2, 0.25) is 0 Å². The fourth-order valence-corrected chi connectivity index (χ4v) is 2.75. The van der Waals surface area contributed by atoms with Crippen LogP contribution in [0, 0.1) is 6.92 Å². The predicted molar refractivity (Wildman–Crippen MR) is 86.4 cm³/mol. The maximum Gasteiger partial charge on any atom is 0.250 e. The number of rotatable bonds is 4. The summed E-state index contributed by atoms with van der Waals surface area (Å²) >= 11 is 0. The largest absolute Gasteiger partial charge is 0.398 e. The van der Waals surface area contributed by atoms with Gasteiger partial charge in [0, 0.05) is 48.1 Å². The lowest BCUT2D eigenvalue weighted by atomic mass is 10.2. The Morgan fingerprint density at radius 2 is 1.76 bits per heavy atom. The fourth-order valence-electron chi connectivity index (χ4n) is 2.75. The summed E-state index contributed by atoms with van der Waals surface area (Å²) < 4.78 is 3.93. The zero-order chi connectivity index (χ0) is 14.8. The van der Waals surface area contributed by atoms with Gasteiger partial charge in [-0.2, -0.15) is 0 Å². The van der Waals surface area contributed by atoms with E-state index in [9.17, 15) is 4.79 Å². The van der Waals surface area contributed by atoms with Crippen molar-refractivity contribution in [2.45, 2.75) is 26.4 Å². The number of aryl methyl sites for hydroxylation is 3. The summed E-state index contributed by atoms with van der Waals surface area (Å²) in [7, 11) is 0. The number of aromatic nitrogens is 2. The van der Waals surface area contributed by atoms with Crippen LogP contribution in [0.3, 0.4) is 0 Å². The lowest BCUT2D eigenvalue weighted by Crippen LogP contribution is -2.19. The molecule has 0 fully saturated rings. The number of hydrogen-bond acceptors (Lipinski definition) is 2. The SMILES string of the molecule is Cc1cn(CCCn2cc(N)ccc2=O)c2ccccc12. The van der Waals surface area contributed by atoms with Gasteiger partial charge in [-0.25, -0.2) is 0 Å². The molecule has 4 heteroatoms. The minimum Gasteiger partial charge on any atom is -0.398 e. The van der Waals surface area contributed by atoms with E-state index in [2.05, 4.69) is 42.0 Å². The van der Waals surface area contributed by atoms with Crippen LogP contribution in [-0.2, 0) is 13.1 Å². The molecule has 0 aliphatic heterocycles. The second kappa shape index (κ2) is 5.48. The minimum absolute atomic E-state index is 0.00209. The summed E-state index contributed by atoms with van der Waals surface area (Å²) in [6.07, 6.45) is 4.77. The highest BCUT2D eigenvalue weighted by Gasteiger charge is 2.04. The standard InChI is InChI=1S/C17H19N3O/c1-13-11-19(16-6-3-2-5-15(13)16)9-4-10-20-12-14(18)7-8-17(20)21/h2-3,5-8,11-12H,4,9-10,18H2,1H3. The van der Waals surface area contributed by atoms with Crippen LogP contribution < -0.4 is 11.3 Å². The van der Waals surface area contributed by atoms with Crippen molar-refractivity contribution in [3.05, 3.63) is 64.7 Å². The van der Waals surface area contributed by atoms with Gasteiger partial charge in [0.15, 0.2) is 0 Å². The van der Waals surface area contributed by atoms with Gasteiger partial charge in [0.25, 0.3) is 5.56 Å². The molecule has 4 nitrogen and oxygen atoms in total. The first-order valence-electron chi connectivity index (χ1n) is 7.15. The highest BCUT2D eigenvalue weighted by molar-refractivity contribution is 5.83. The number of para-hydroxylation sites is 1. The van der Waals surface area contributed by atoms with E-state index in [1.165, 1.54) is 22.5 Å². The molecule has 0 radical (unpaired) electrons. The number of anilines is 1. The summed E-state index contributed by atoms with van der Waals surface area (Å²) in [5.41, 5.74) is 8.87. The summed E-state index contributed by atoms with van der Waals surface area (Å²) in [5, 5.41) is 1.29. The van der Waals surface area contributed by atoms with Gasteiger partial charge in [-0.3, -0.25) is 4.79 Å². The van der Waals surface area contributed by atoms with Crippen LogP contribution >= 0.6 is 0 Å². The molecule has 0 aliphatic rings. The second-order valence-electron chi connectivity index (χ2n) is 5.37. The van der Waals surface area contributed by atoms with Gasteiger partial charge >= 0.3 is 0 Å². The first-order chi connectivity index (χ1) is 10.1. The zero-order valence-electron chi connectivity index (χ0n) is 12.1. The summed E-state index contributed by atoms with van der Waals surface area (Å²) in [6.45, 7) is 3.69. The van der Waals surface area contributed by atoms with Gasteiger partial charge < -0.3 is 14.9 Å². The number of benzene rings is 1. The van der Waals surface area contributed by atoms with Crippen LogP contribution in [-0.4, -0.2) is 9.13 Å². The smallest absolute Gasteiger partial charge is 0.250 e. The molecule has 2 aromatic heterocycles. The molecule has 0 bridgehead atoms. The third-order valence-corrected chi connectivity index (χ3v) is 3.79. The van der Waals surface area contributed by atoms with Gasteiger partial charge in [0.2, 0.25) is 0 Å². The maximum atomic E-state index is 11.7. The van der Waals surface area contributed by atoms with Crippen LogP contribution in [0.15, 0.2) is 53.6 Å². The van der Waals surface area contributed by atoms with Crippen LogP contribution in [0.25, 0.3) is 10.9 Å². The molecule has 2 N–H and O–H groups in total. The molecule has 0 unspecified atom stereocenters. The van der Waals surface area contributed by atoms with Gasteiger partial charge in [0.05, 0.1) is 0 Å². The Morgan fingerprint density at radius 1 is 1.00 bits per heavy atom. The molecule has 0 saturated carbocycles. The zero-order valence-corrected chi connectivity index (χ0v) is 12.1. The van der Waals surface area contributed by atoms with E-state index in [0.717, 1.165) is 13.0 Å².